The smallest absolute Gasteiger partial charge is 0.269 e. The van der Waals surface area contributed by atoms with Gasteiger partial charge in [-0.25, -0.2) is 4.79 Å². The lowest BCUT2D eigenvalue weighted by molar-refractivity contribution is -0.384. The number of non-ortho nitro benzene ring substituents is 1. The van der Waals surface area contributed by atoms with Crippen molar-refractivity contribution in [1.82, 2.24) is 5.32 Å². The number of carbonyl (C=O) groups excluding carboxylic acids is 2. The quantitative estimate of drug-likeness (QED) is 0.477. The van der Waals surface area contributed by atoms with Crippen molar-refractivity contribution in [3.8, 4) is 0 Å². The maximum atomic E-state index is 10.7. The molecule has 88 valence electrons. The molecule has 0 aromatic heterocycles. The van der Waals surface area contributed by atoms with Crippen LogP contribution in [0.1, 0.15) is 12.5 Å². The van der Waals surface area contributed by atoms with Gasteiger partial charge in [0.2, 0.25) is 5.91 Å². The number of nitrogens with zero attached hydrogens (tertiary/aromatic N) is 1. The molecule has 1 amide bonds. The summed E-state index contributed by atoms with van der Waals surface area (Å²) in [6.45, 7) is 1.38. The predicted octanol–water partition coefficient (Wildman–Crippen LogP) is 0.946. The van der Waals surface area contributed by atoms with Crippen molar-refractivity contribution in [2.45, 2.75) is 6.92 Å². The van der Waals surface area contributed by atoms with Crippen LogP contribution in [0.4, 0.5) is 5.69 Å². The number of rotatable bonds is 4. The van der Waals surface area contributed by atoms with Crippen LogP contribution in [-0.2, 0) is 9.59 Å². The first-order chi connectivity index (χ1) is 8.04. The number of hydrogen-bond donors (Lipinski definition) is 1. The van der Waals surface area contributed by atoms with E-state index in [-0.39, 0.29) is 23.7 Å². The lowest BCUT2D eigenvalue weighted by Gasteiger charge is -2.03. The van der Waals surface area contributed by atoms with Crippen molar-refractivity contribution in [2.24, 2.45) is 0 Å². The number of amides is 1. The molecule has 1 aromatic rings. The zero-order valence-electron chi connectivity index (χ0n) is 9.10. The van der Waals surface area contributed by atoms with Crippen molar-refractivity contribution in [3.63, 3.8) is 0 Å². The molecular weight excluding hydrogens is 224 g/mol. The van der Waals surface area contributed by atoms with E-state index in [1.165, 1.54) is 31.2 Å². The number of hydrogen-bond acceptors (Lipinski definition) is 4. The monoisotopic (exact) mass is 234 g/mol. The Morgan fingerprint density at radius 2 is 2.00 bits per heavy atom. The van der Waals surface area contributed by atoms with E-state index >= 15 is 0 Å². The average Bonchev–Trinajstić information content (AvgIpc) is 2.30. The molecule has 1 N–H and O–H groups in total. The molecule has 1 aromatic carbocycles. The van der Waals surface area contributed by atoms with Gasteiger partial charge in [-0.2, -0.15) is 0 Å². The molecule has 1 rings (SSSR count). The maximum Gasteiger partial charge on any atom is 0.269 e. The second-order valence-electron chi connectivity index (χ2n) is 3.29. The molecule has 0 aliphatic rings. The fourth-order valence-corrected chi connectivity index (χ4v) is 1.19. The van der Waals surface area contributed by atoms with E-state index in [0.29, 0.717) is 5.56 Å². The van der Waals surface area contributed by atoms with Gasteiger partial charge < -0.3 is 5.32 Å². The number of carbonyl (C=O) groups is 1. The molecular formula is C11H10N2O4. The van der Waals surface area contributed by atoms with Gasteiger partial charge in [0, 0.05) is 19.1 Å². The number of nitro groups is 1. The molecule has 6 heteroatoms. The summed E-state index contributed by atoms with van der Waals surface area (Å²) in [4.78, 5) is 31.3. The molecule has 17 heavy (non-hydrogen) atoms. The second kappa shape index (κ2) is 5.58. The van der Waals surface area contributed by atoms with Gasteiger partial charge in [0.25, 0.3) is 5.69 Å². The van der Waals surface area contributed by atoms with Gasteiger partial charge in [0.1, 0.15) is 5.94 Å². The lowest BCUT2D eigenvalue weighted by atomic mass is 10.1. The Morgan fingerprint density at radius 3 is 2.41 bits per heavy atom. The van der Waals surface area contributed by atoms with Crippen molar-refractivity contribution >= 4 is 23.1 Å². The molecule has 0 aliphatic carbocycles. The van der Waals surface area contributed by atoms with Gasteiger partial charge >= 0.3 is 0 Å². The molecule has 0 radical (unpaired) electrons. The van der Waals surface area contributed by atoms with Crippen LogP contribution in [0.15, 0.2) is 24.3 Å². The molecule has 0 unspecified atom stereocenters. The highest BCUT2D eigenvalue weighted by atomic mass is 16.6. The Labute approximate surface area is 97.1 Å². The summed E-state index contributed by atoms with van der Waals surface area (Å²) in [5.74, 6) is 1.44. The van der Waals surface area contributed by atoms with Crippen molar-refractivity contribution in [2.75, 3.05) is 6.54 Å². The Balaban J connectivity index is 2.87. The maximum absolute atomic E-state index is 10.7. The summed E-state index contributed by atoms with van der Waals surface area (Å²) in [5, 5.41) is 12.9. The Morgan fingerprint density at radius 1 is 1.41 bits per heavy atom. The van der Waals surface area contributed by atoms with E-state index in [1.54, 1.807) is 5.94 Å². The minimum atomic E-state index is -0.526. The first-order valence-corrected chi connectivity index (χ1v) is 4.78. The number of benzene rings is 1. The highest BCUT2D eigenvalue weighted by Crippen LogP contribution is 2.16. The van der Waals surface area contributed by atoms with Crippen molar-refractivity contribution in [1.29, 1.82) is 0 Å². The zero-order chi connectivity index (χ0) is 12.8. The van der Waals surface area contributed by atoms with E-state index < -0.39 is 4.92 Å². The van der Waals surface area contributed by atoms with Crippen LogP contribution in [0.5, 0.6) is 0 Å². The van der Waals surface area contributed by atoms with Crippen LogP contribution in [-0.4, -0.2) is 23.3 Å². The van der Waals surface area contributed by atoms with Crippen LogP contribution in [0.2, 0.25) is 0 Å². The van der Waals surface area contributed by atoms with Gasteiger partial charge in [0.15, 0.2) is 0 Å². The van der Waals surface area contributed by atoms with Crippen LogP contribution >= 0.6 is 0 Å². The Bertz CT molecular complexity index is 487. The van der Waals surface area contributed by atoms with Crippen LogP contribution < -0.4 is 5.32 Å². The summed E-state index contributed by atoms with van der Waals surface area (Å²) in [6.07, 6.45) is 0. The molecule has 0 fully saturated rings. The van der Waals surface area contributed by atoms with Gasteiger partial charge in [-0.15, -0.1) is 0 Å². The number of nitrogens with one attached hydrogen (secondary N) is 1. The summed E-state index contributed by atoms with van der Waals surface area (Å²) in [7, 11) is 0. The standard InChI is InChI=1S/C11H10N2O4/c1-8(15)12-6-10(7-14)9-2-4-11(5-3-9)13(16)17/h2-5H,6H2,1H3,(H,12,15). The van der Waals surface area contributed by atoms with Crippen molar-refractivity contribution < 1.29 is 14.5 Å². The third kappa shape index (κ3) is 3.55. The molecule has 0 aliphatic heterocycles. The number of nitro benzene ring substituents is 1. The summed E-state index contributed by atoms with van der Waals surface area (Å²) in [5.41, 5.74) is 0.688. The molecule has 0 heterocycles. The van der Waals surface area contributed by atoms with Crippen molar-refractivity contribution in [3.05, 3.63) is 39.9 Å². The average molecular weight is 234 g/mol. The highest BCUT2D eigenvalue weighted by molar-refractivity contribution is 5.90. The molecule has 0 saturated heterocycles. The summed E-state index contributed by atoms with van der Waals surface area (Å²) < 4.78 is 0. The van der Waals surface area contributed by atoms with Gasteiger partial charge in [-0.3, -0.25) is 14.9 Å². The topological polar surface area (TPSA) is 89.3 Å². The molecule has 6 nitrogen and oxygen atoms in total. The Kier molecular flexibility index (Phi) is 4.14. The summed E-state index contributed by atoms with van der Waals surface area (Å²) >= 11 is 0. The molecule has 0 spiro atoms. The van der Waals surface area contributed by atoms with Crippen LogP contribution in [0.25, 0.3) is 5.57 Å². The minimum absolute atomic E-state index is 0.0522. The van der Waals surface area contributed by atoms with E-state index in [0.717, 1.165) is 0 Å². The molecule has 0 atom stereocenters. The third-order valence-electron chi connectivity index (χ3n) is 2.06. The van der Waals surface area contributed by atoms with E-state index in [1.807, 2.05) is 0 Å². The van der Waals surface area contributed by atoms with Crippen LogP contribution in [0, 0.1) is 10.1 Å². The van der Waals surface area contributed by atoms with Gasteiger partial charge in [0.05, 0.1) is 17.0 Å². The van der Waals surface area contributed by atoms with Gasteiger partial charge in [-0.1, -0.05) is 0 Å². The van der Waals surface area contributed by atoms with Crippen LogP contribution in [0.3, 0.4) is 0 Å². The lowest BCUT2D eigenvalue weighted by Crippen LogP contribution is -2.22. The zero-order valence-corrected chi connectivity index (χ0v) is 9.10. The fraction of sp³-hybridized carbons (Fsp3) is 0.182. The third-order valence-corrected chi connectivity index (χ3v) is 2.06. The first-order valence-electron chi connectivity index (χ1n) is 4.78. The predicted molar refractivity (Wildman–Crippen MR) is 60.9 cm³/mol. The van der Waals surface area contributed by atoms with E-state index in [4.69, 9.17) is 0 Å². The van der Waals surface area contributed by atoms with Gasteiger partial charge in [-0.05, 0) is 17.7 Å². The first kappa shape index (κ1) is 12.6. The second-order valence-corrected chi connectivity index (χ2v) is 3.29. The van der Waals surface area contributed by atoms with E-state index in [9.17, 15) is 19.7 Å². The summed E-state index contributed by atoms with van der Waals surface area (Å²) in [6, 6.07) is 5.47. The molecule has 0 bridgehead atoms. The van der Waals surface area contributed by atoms with E-state index in [2.05, 4.69) is 5.32 Å². The molecule has 0 saturated carbocycles. The Hall–Kier alpha value is -2.46. The normalized spacial score (nSPS) is 9.24. The minimum Gasteiger partial charge on any atom is -0.351 e. The fourth-order valence-electron chi connectivity index (χ4n) is 1.19. The SMILES string of the molecule is CC(=O)NCC(=C=O)c1ccc([N+](=O)[O-])cc1. The largest absolute Gasteiger partial charge is 0.351 e. The highest BCUT2D eigenvalue weighted by Gasteiger charge is 2.08.